The standard InChI is InChI=1S/C18H22N4O/c1-22-10-2-3-16-11-15(4-5-17(16)22)13-21-18(23)20-12-14-6-8-19-9-7-14/h4-9,11H,2-3,10,12-13H2,1H3,(H2,20,21,23). The van der Waals surface area contributed by atoms with E-state index in [1.165, 1.54) is 17.7 Å². The van der Waals surface area contributed by atoms with Gasteiger partial charge in [0.15, 0.2) is 0 Å². The van der Waals surface area contributed by atoms with Gasteiger partial charge in [-0.1, -0.05) is 12.1 Å². The van der Waals surface area contributed by atoms with Crippen LogP contribution in [-0.4, -0.2) is 24.6 Å². The molecule has 2 heterocycles. The molecule has 0 saturated carbocycles. The van der Waals surface area contributed by atoms with Crippen molar-refractivity contribution in [2.75, 3.05) is 18.5 Å². The van der Waals surface area contributed by atoms with Gasteiger partial charge >= 0.3 is 6.03 Å². The van der Waals surface area contributed by atoms with Crippen molar-refractivity contribution in [1.82, 2.24) is 15.6 Å². The molecule has 120 valence electrons. The molecule has 2 aromatic rings. The maximum Gasteiger partial charge on any atom is 0.315 e. The van der Waals surface area contributed by atoms with Gasteiger partial charge in [0, 0.05) is 44.8 Å². The fraction of sp³-hybridized carbons (Fsp3) is 0.333. The molecule has 0 unspecified atom stereocenters. The molecular formula is C18H22N4O. The smallest absolute Gasteiger partial charge is 0.315 e. The zero-order valence-electron chi connectivity index (χ0n) is 13.4. The number of anilines is 1. The second kappa shape index (κ2) is 7.13. The molecule has 1 aromatic carbocycles. The lowest BCUT2D eigenvalue weighted by molar-refractivity contribution is 0.240. The van der Waals surface area contributed by atoms with E-state index in [0.29, 0.717) is 13.1 Å². The highest BCUT2D eigenvalue weighted by atomic mass is 16.2. The van der Waals surface area contributed by atoms with E-state index in [1.54, 1.807) is 12.4 Å². The highest BCUT2D eigenvalue weighted by molar-refractivity contribution is 5.73. The van der Waals surface area contributed by atoms with Crippen LogP contribution in [-0.2, 0) is 19.5 Å². The minimum Gasteiger partial charge on any atom is -0.374 e. The Kier molecular flexibility index (Phi) is 4.76. The van der Waals surface area contributed by atoms with Crippen molar-refractivity contribution < 1.29 is 4.79 Å². The van der Waals surface area contributed by atoms with Crippen LogP contribution < -0.4 is 15.5 Å². The average molecular weight is 310 g/mol. The molecule has 0 fully saturated rings. The molecule has 1 aliphatic rings. The minimum absolute atomic E-state index is 0.156. The molecule has 5 heteroatoms. The number of carbonyl (C=O) groups is 1. The number of nitrogens with one attached hydrogen (secondary N) is 2. The summed E-state index contributed by atoms with van der Waals surface area (Å²) in [4.78, 5) is 18.1. The largest absolute Gasteiger partial charge is 0.374 e. The molecule has 0 atom stereocenters. The first-order chi connectivity index (χ1) is 11.2. The van der Waals surface area contributed by atoms with Gasteiger partial charge in [-0.2, -0.15) is 0 Å². The van der Waals surface area contributed by atoms with Gasteiger partial charge in [-0.25, -0.2) is 4.79 Å². The number of pyridine rings is 1. The number of nitrogens with zero attached hydrogens (tertiary/aromatic N) is 2. The molecule has 5 nitrogen and oxygen atoms in total. The Morgan fingerprint density at radius 2 is 1.87 bits per heavy atom. The number of rotatable bonds is 4. The van der Waals surface area contributed by atoms with Gasteiger partial charge in [0.25, 0.3) is 0 Å². The summed E-state index contributed by atoms with van der Waals surface area (Å²) >= 11 is 0. The molecule has 3 rings (SSSR count). The van der Waals surface area contributed by atoms with Crippen molar-refractivity contribution in [2.24, 2.45) is 0 Å². The molecule has 0 radical (unpaired) electrons. The number of amides is 2. The molecule has 2 N–H and O–H groups in total. The van der Waals surface area contributed by atoms with E-state index in [2.05, 4.69) is 45.8 Å². The molecule has 2 amide bonds. The van der Waals surface area contributed by atoms with Gasteiger partial charge < -0.3 is 15.5 Å². The Labute approximate surface area is 136 Å². The van der Waals surface area contributed by atoms with Crippen LogP contribution in [0.4, 0.5) is 10.5 Å². The highest BCUT2D eigenvalue weighted by Gasteiger charge is 2.13. The highest BCUT2D eigenvalue weighted by Crippen LogP contribution is 2.26. The third-order valence-corrected chi connectivity index (χ3v) is 4.15. The summed E-state index contributed by atoms with van der Waals surface area (Å²) in [5.74, 6) is 0. The van der Waals surface area contributed by atoms with Crippen molar-refractivity contribution in [3.8, 4) is 0 Å². The van der Waals surface area contributed by atoms with Gasteiger partial charge in [0.1, 0.15) is 0 Å². The van der Waals surface area contributed by atoms with E-state index in [4.69, 9.17) is 0 Å². The Bertz CT molecular complexity index is 672. The fourth-order valence-electron chi connectivity index (χ4n) is 2.88. The summed E-state index contributed by atoms with van der Waals surface area (Å²) < 4.78 is 0. The van der Waals surface area contributed by atoms with Gasteiger partial charge in [0.2, 0.25) is 0 Å². The summed E-state index contributed by atoms with van der Waals surface area (Å²) in [6.07, 6.45) is 5.74. The van der Waals surface area contributed by atoms with Crippen LogP contribution in [0.25, 0.3) is 0 Å². The van der Waals surface area contributed by atoms with Crippen molar-refractivity contribution >= 4 is 11.7 Å². The molecular weight excluding hydrogens is 288 g/mol. The Hall–Kier alpha value is -2.56. The molecule has 0 aliphatic carbocycles. The molecule has 0 saturated heterocycles. The van der Waals surface area contributed by atoms with Crippen LogP contribution in [0.15, 0.2) is 42.7 Å². The summed E-state index contributed by atoms with van der Waals surface area (Å²) in [6, 6.07) is 10.1. The van der Waals surface area contributed by atoms with Crippen molar-refractivity contribution in [3.63, 3.8) is 0 Å². The Balaban J connectivity index is 1.51. The van der Waals surface area contributed by atoms with Gasteiger partial charge in [0.05, 0.1) is 0 Å². The third-order valence-electron chi connectivity index (χ3n) is 4.15. The summed E-state index contributed by atoms with van der Waals surface area (Å²) in [5, 5.41) is 5.76. The van der Waals surface area contributed by atoms with Crippen molar-refractivity contribution in [3.05, 3.63) is 59.4 Å². The van der Waals surface area contributed by atoms with E-state index in [9.17, 15) is 4.79 Å². The zero-order chi connectivity index (χ0) is 16.1. The van der Waals surface area contributed by atoms with Crippen LogP contribution in [0.1, 0.15) is 23.1 Å². The number of urea groups is 1. The fourth-order valence-corrected chi connectivity index (χ4v) is 2.88. The number of fused-ring (bicyclic) bond motifs is 1. The maximum atomic E-state index is 11.9. The topological polar surface area (TPSA) is 57.3 Å². The van der Waals surface area contributed by atoms with Gasteiger partial charge in [-0.15, -0.1) is 0 Å². The van der Waals surface area contributed by atoms with E-state index < -0.39 is 0 Å². The molecule has 0 bridgehead atoms. The first-order valence-corrected chi connectivity index (χ1v) is 7.96. The predicted octanol–water partition coefficient (Wildman–Crippen LogP) is 2.46. The monoisotopic (exact) mass is 310 g/mol. The van der Waals surface area contributed by atoms with Crippen LogP contribution in [0.5, 0.6) is 0 Å². The van der Waals surface area contributed by atoms with E-state index >= 15 is 0 Å². The summed E-state index contributed by atoms with van der Waals surface area (Å²) in [7, 11) is 2.13. The number of aromatic nitrogens is 1. The minimum atomic E-state index is -0.156. The van der Waals surface area contributed by atoms with E-state index in [1.807, 2.05) is 12.1 Å². The lowest BCUT2D eigenvalue weighted by Gasteiger charge is -2.27. The van der Waals surface area contributed by atoms with Crippen LogP contribution >= 0.6 is 0 Å². The maximum absolute atomic E-state index is 11.9. The first kappa shape index (κ1) is 15.3. The van der Waals surface area contributed by atoms with Crippen LogP contribution in [0.3, 0.4) is 0 Å². The van der Waals surface area contributed by atoms with Crippen LogP contribution in [0.2, 0.25) is 0 Å². The van der Waals surface area contributed by atoms with Gasteiger partial charge in [-0.3, -0.25) is 4.98 Å². The first-order valence-electron chi connectivity index (χ1n) is 7.96. The molecule has 0 spiro atoms. The second-order valence-electron chi connectivity index (χ2n) is 5.88. The lowest BCUT2D eigenvalue weighted by atomic mass is 9.99. The predicted molar refractivity (Wildman–Crippen MR) is 91.3 cm³/mol. The van der Waals surface area contributed by atoms with Crippen LogP contribution in [0, 0.1) is 0 Å². The normalized spacial score (nSPS) is 13.3. The van der Waals surface area contributed by atoms with Crippen molar-refractivity contribution in [2.45, 2.75) is 25.9 Å². The molecule has 1 aromatic heterocycles. The molecule has 1 aliphatic heterocycles. The number of aryl methyl sites for hydroxylation is 1. The van der Waals surface area contributed by atoms with Crippen molar-refractivity contribution in [1.29, 1.82) is 0 Å². The summed E-state index contributed by atoms with van der Waals surface area (Å²) in [5.41, 5.74) is 4.85. The second-order valence-corrected chi connectivity index (χ2v) is 5.88. The number of hydrogen-bond donors (Lipinski definition) is 2. The Morgan fingerprint density at radius 1 is 1.13 bits per heavy atom. The average Bonchev–Trinajstić information content (AvgIpc) is 2.59. The number of benzene rings is 1. The Morgan fingerprint density at radius 3 is 2.65 bits per heavy atom. The van der Waals surface area contributed by atoms with Gasteiger partial charge in [-0.05, 0) is 47.7 Å². The quantitative estimate of drug-likeness (QED) is 0.912. The number of carbonyl (C=O) groups excluding carboxylic acids is 1. The van der Waals surface area contributed by atoms with E-state index in [0.717, 1.165) is 24.1 Å². The number of hydrogen-bond acceptors (Lipinski definition) is 3. The lowest BCUT2D eigenvalue weighted by Crippen LogP contribution is -2.34. The zero-order valence-corrected chi connectivity index (χ0v) is 13.4. The summed E-state index contributed by atoms with van der Waals surface area (Å²) in [6.45, 7) is 2.16. The van der Waals surface area contributed by atoms with E-state index in [-0.39, 0.29) is 6.03 Å². The SMILES string of the molecule is CN1CCCc2cc(CNC(=O)NCc3ccncc3)ccc21. The third kappa shape index (κ3) is 4.00. The molecule has 23 heavy (non-hydrogen) atoms.